The number of benzene rings is 1. The van der Waals surface area contributed by atoms with Gasteiger partial charge in [-0.2, -0.15) is 0 Å². The Morgan fingerprint density at radius 1 is 1.29 bits per heavy atom. The number of carbonyl (C=O) groups is 1. The lowest BCUT2D eigenvalue weighted by Crippen LogP contribution is -2.33. The molecule has 2 aliphatic rings. The van der Waals surface area contributed by atoms with Crippen molar-refractivity contribution < 1.29 is 9.90 Å². The maximum absolute atomic E-state index is 12.3. The van der Waals surface area contributed by atoms with Crippen molar-refractivity contribution in [1.29, 1.82) is 0 Å². The van der Waals surface area contributed by atoms with E-state index in [1.165, 1.54) is 0 Å². The number of aliphatic hydroxyl groups excluding tert-OH is 1. The lowest BCUT2D eigenvalue weighted by molar-refractivity contribution is -0.117. The molecule has 1 heterocycles. The van der Waals surface area contributed by atoms with E-state index in [2.05, 4.69) is 10.2 Å². The molecule has 3 rings (SSSR count). The number of hydrogen-bond donors (Lipinski definition) is 2. The van der Waals surface area contributed by atoms with Gasteiger partial charge in [-0.1, -0.05) is 18.2 Å². The summed E-state index contributed by atoms with van der Waals surface area (Å²) >= 11 is 0. The number of aryl methyl sites for hydroxylation is 2. The van der Waals surface area contributed by atoms with E-state index in [4.69, 9.17) is 0 Å². The van der Waals surface area contributed by atoms with E-state index >= 15 is 0 Å². The van der Waals surface area contributed by atoms with Gasteiger partial charge in [-0.25, -0.2) is 0 Å². The van der Waals surface area contributed by atoms with Gasteiger partial charge >= 0.3 is 0 Å². The molecule has 114 valence electrons. The molecule has 1 aliphatic carbocycles. The Bertz CT molecular complexity index is 523. The molecule has 2 N–H and O–H groups in total. The Kier molecular flexibility index (Phi) is 4.00. The van der Waals surface area contributed by atoms with Crippen molar-refractivity contribution in [3.8, 4) is 0 Å². The van der Waals surface area contributed by atoms with Crippen LogP contribution in [0.2, 0.25) is 0 Å². The van der Waals surface area contributed by atoms with Gasteiger partial charge in [-0.15, -0.1) is 0 Å². The first-order valence-corrected chi connectivity index (χ1v) is 7.81. The SMILES string of the molecule is Cc1cccc(C)c1NC(=O)CN1CC2CCC(O)C2C1. The lowest BCUT2D eigenvalue weighted by Gasteiger charge is -2.18. The standard InChI is InChI=1S/C17H24N2O2/c1-11-4-3-5-12(2)17(11)18-16(21)10-19-8-13-6-7-15(20)14(13)9-19/h3-5,13-15,20H,6-10H2,1-2H3,(H,18,21). The molecule has 0 bridgehead atoms. The molecule has 1 saturated carbocycles. The van der Waals surface area contributed by atoms with Crippen LogP contribution in [0.4, 0.5) is 5.69 Å². The van der Waals surface area contributed by atoms with Gasteiger partial charge in [-0.3, -0.25) is 9.69 Å². The van der Waals surface area contributed by atoms with Crippen LogP contribution in [0.5, 0.6) is 0 Å². The number of amides is 1. The predicted octanol–water partition coefficient (Wildman–Crippen LogP) is 1.94. The number of fused-ring (bicyclic) bond motifs is 1. The van der Waals surface area contributed by atoms with Crippen LogP contribution in [0, 0.1) is 25.7 Å². The summed E-state index contributed by atoms with van der Waals surface area (Å²) in [7, 11) is 0. The molecule has 0 spiro atoms. The van der Waals surface area contributed by atoms with E-state index in [0.29, 0.717) is 18.4 Å². The third kappa shape index (κ3) is 2.97. The second-order valence-corrected chi connectivity index (χ2v) is 6.58. The Morgan fingerprint density at radius 2 is 2.00 bits per heavy atom. The van der Waals surface area contributed by atoms with E-state index in [1.54, 1.807) is 0 Å². The number of carbonyl (C=O) groups excluding carboxylic acids is 1. The van der Waals surface area contributed by atoms with Gasteiger partial charge in [0.25, 0.3) is 0 Å². The Balaban J connectivity index is 1.58. The van der Waals surface area contributed by atoms with Crippen LogP contribution in [0.1, 0.15) is 24.0 Å². The monoisotopic (exact) mass is 288 g/mol. The number of para-hydroxylation sites is 1. The number of likely N-dealkylation sites (tertiary alicyclic amines) is 1. The van der Waals surface area contributed by atoms with Crippen LogP contribution < -0.4 is 5.32 Å². The first-order chi connectivity index (χ1) is 10.0. The van der Waals surface area contributed by atoms with Crippen LogP contribution in [0.15, 0.2) is 18.2 Å². The maximum atomic E-state index is 12.3. The molecule has 0 radical (unpaired) electrons. The summed E-state index contributed by atoms with van der Waals surface area (Å²) in [6.45, 7) is 6.25. The Labute approximate surface area is 126 Å². The average molecular weight is 288 g/mol. The van der Waals surface area contributed by atoms with Crippen molar-refractivity contribution in [2.45, 2.75) is 32.8 Å². The maximum Gasteiger partial charge on any atom is 0.238 e. The second kappa shape index (κ2) is 5.78. The zero-order valence-electron chi connectivity index (χ0n) is 12.8. The Morgan fingerprint density at radius 3 is 2.67 bits per heavy atom. The molecular weight excluding hydrogens is 264 g/mol. The van der Waals surface area contributed by atoms with Crippen molar-refractivity contribution in [3.05, 3.63) is 29.3 Å². The highest BCUT2D eigenvalue weighted by molar-refractivity contribution is 5.93. The van der Waals surface area contributed by atoms with E-state index in [0.717, 1.165) is 42.7 Å². The minimum atomic E-state index is -0.165. The van der Waals surface area contributed by atoms with Crippen LogP contribution >= 0.6 is 0 Å². The fraction of sp³-hybridized carbons (Fsp3) is 0.588. The second-order valence-electron chi connectivity index (χ2n) is 6.58. The topological polar surface area (TPSA) is 52.6 Å². The molecule has 4 heteroatoms. The summed E-state index contributed by atoms with van der Waals surface area (Å²) < 4.78 is 0. The van der Waals surface area contributed by atoms with Crippen molar-refractivity contribution in [3.63, 3.8) is 0 Å². The van der Waals surface area contributed by atoms with Crippen molar-refractivity contribution in [2.75, 3.05) is 25.0 Å². The van der Waals surface area contributed by atoms with Gasteiger partial charge in [0.05, 0.1) is 12.6 Å². The number of aliphatic hydroxyl groups is 1. The highest BCUT2D eigenvalue weighted by atomic mass is 16.3. The predicted molar refractivity (Wildman–Crippen MR) is 83.2 cm³/mol. The largest absolute Gasteiger partial charge is 0.393 e. The summed E-state index contributed by atoms with van der Waals surface area (Å²) in [6.07, 6.45) is 1.86. The minimum Gasteiger partial charge on any atom is -0.393 e. The van der Waals surface area contributed by atoms with Gasteiger partial charge in [-0.05, 0) is 43.7 Å². The molecule has 1 aromatic carbocycles. The normalized spacial score (nSPS) is 28.6. The van der Waals surface area contributed by atoms with Crippen molar-refractivity contribution in [1.82, 2.24) is 4.90 Å². The fourth-order valence-electron chi connectivity index (χ4n) is 3.85. The van der Waals surface area contributed by atoms with Crippen molar-refractivity contribution in [2.24, 2.45) is 11.8 Å². The summed E-state index contributed by atoms with van der Waals surface area (Å²) in [4.78, 5) is 14.4. The molecule has 0 aromatic heterocycles. The summed E-state index contributed by atoms with van der Waals surface area (Å²) in [5.74, 6) is 0.993. The number of hydrogen-bond acceptors (Lipinski definition) is 3. The van der Waals surface area contributed by atoms with Crippen LogP contribution in [-0.4, -0.2) is 41.7 Å². The van der Waals surface area contributed by atoms with Gasteiger partial charge in [0, 0.05) is 24.7 Å². The molecule has 3 atom stereocenters. The number of rotatable bonds is 3. The molecule has 1 amide bonds. The highest BCUT2D eigenvalue weighted by Gasteiger charge is 2.42. The molecule has 4 nitrogen and oxygen atoms in total. The highest BCUT2D eigenvalue weighted by Crippen LogP contribution is 2.37. The van der Waals surface area contributed by atoms with E-state index in [9.17, 15) is 9.90 Å². The molecule has 1 saturated heterocycles. The third-order valence-electron chi connectivity index (χ3n) is 5.01. The summed E-state index contributed by atoms with van der Waals surface area (Å²) in [6, 6.07) is 6.03. The quantitative estimate of drug-likeness (QED) is 0.894. The van der Waals surface area contributed by atoms with E-state index < -0.39 is 0 Å². The summed E-state index contributed by atoms with van der Waals surface area (Å²) in [5, 5.41) is 13.0. The molecule has 3 unspecified atom stereocenters. The van der Waals surface area contributed by atoms with Gasteiger partial charge in [0.2, 0.25) is 5.91 Å². The molecule has 2 fully saturated rings. The zero-order valence-corrected chi connectivity index (χ0v) is 12.8. The van der Waals surface area contributed by atoms with E-state index in [1.807, 2.05) is 32.0 Å². The van der Waals surface area contributed by atoms with Gasteiger partial charge in [0.1, 0.15) is 0 Å². The molecule has 21 heavy (non-hydrogen) atoms. The minimum absolute atomic E-state index is 0.0434. The van der Waals surface area contributed by atoms with E-state index in [-0.39, 0.29) is 12.0 Å². The van der Waals surface area contributed by atoms with Gasteiger partial charge in [0.15, 0.2) is 0 Å². The van der Waals surface area contributed by atoms with Crippen LogP contribution in [0.25, 0.3) is 0 Å². The zero-order chi connectivity index (χ0) is 15.0. The molecular formula is C17H24N2O2. The van der Waals surface area contributed by atoms with Crippen LogP contribution in [0.3, 0.4) is 0 Å². The summed E-state index contributed by atoms with van der Waals surface area (Å²) in [5.41, 5.74) is 3.12. The fourth-order valence-corrected chi connectivity index (χ4v) is 3.85. The number of nitrogens with zero attached hydrogens (tertiary/aromatic N) is 1. The Hall–Kier alpha value is -1.39. The molecule has 1 aliphatic heterocycles. The smallest absolute Gasteiger partial charge is 0.238 e. The number of nitrogens with one attached hydrogen (secondary N) is 1. The number of anilines is 1. The first-order valence-electron chi connectivity index (χ1n) is 7.81. The molecule has 1 aromatic rings. The first kappa shape index (κ1) is 14.5. The third-order valence-corrected chi connectivity index (χ3v) is 5.01. The lowest BCUT2D eigenvalue weighted by atomic mass is 10.00. The van der Waals surface area contributed by atoms with Crippen molar-refractivity contribution >= 4 is 11.6 Å². The van der Waals surface area contributed by atoms with Gasteiger partial charge < -0.3 is 10.4 Å². The van der Waals surface area contributed by atoms with Crippen LogP contribution in [-0.2, 0) is 4.79 Å². The average Bonchev–Trinajstić information content (AvgIpc) is 2.97.